The van der Waals surface area contributed by atoms with Crippen molar-refractivity contribution in [1.29, 1.82) is 0 Å². The lowest BCUT2D eigenvalue weighted by atomic mass is 9.83. The van der Waals surface area contributed by atoms with Crippen molar-refractivity contribution in [3.05, 3.63) is 11.6 Å². The van der Waals surface area contributed by atoms with Gasteiger partial charge in [0, 0.05) is 36.5 Å². The predicted molar refractivity (Wildman–Crippen MR) is 77.4 cm³/mol. The van der Waals surface area contributed by atoms with Crippen LogP contribution in [0.1, 0.15) is 32.1 Å². The molecular weight excluding hydrogens is 274 g/mol. The zero-order valence-electron chi connectivity index (χ0n) is 11.4. The first-order chi connectivity index (χ1) is 9.74. The van der Waals surface area contributed by atoms with Crippen LogP contribution in [-0.4, -0.2) is 34.8 Å². The Bertz CT molecular complexity index is 477. The van der Waals surface area contributed by atoms with E-state index in [-0.39, 0.29) is 17.7 Å². The summed E-state index contributed by atoms with van der Waals surface area (Å²) in [5.41, 5.74) is 0. The van der Waals surface area contributed by atoms with E-state index < -0.39 is 0 Å². The third-order valence-electron chi connectivity index (χ3n) is 4.29. The fraction of sp³-hybridized carbons (Fsp3) is 0.643. The normalized spacial score (nSPS) is 20.5. The molecular formula is C14H19N3O2S. The van der Waals surface area contributed by atoms with Gasteiger partial charge in [-0.05, 0) is 25.7 Å². The number of hydrogen-bond donors (Lipinski definition) is 1. The van der Waals surface area contributed by atoms with Gasteiger partial charge in [-0.2, -0.15) is 0 Å². The monoisotopic (exact) mass is 293 g/mol. The van der Waals surface area contributed by atoms with Crippen molar-refractivity contribution >= 4 is 28.3 Å². The van der Waals surface area contributed by atoms with Gasteiger partial charge in [-0.1, -0.05) is 6.42 Å². The lowest BCUT2D eigenvalue weighted by Gasteiger charge is -2.36. The molecule has 2 amide bonds. The molecule has 1 N–H and O–H groups in total. The Morgan fingerprint density at radius 2 is 1.95 bits per heavy atom. The van der Waals surface area contributed by atoms with Gasteiger partial charge in [-0.3, -0.25) is 9.59 Å². The Kier molecular flexibility index (Phi) is 4.00. The molecule has 1 aromatic heterocycles. The number of likely N-dealkylation sites (tertiary alicyclic amines) is 1. The topological polar surface area (TPSA) is 62.3 Å². The Hall–Kier alpha value is -1.43. The molecule has 1 aliphatic heterocycles. The van der Waals surface area contributed by atoms with Crippen LogP contribution in [0.2, 0.25) is 0 Å². The van der Waals surface area contributed by atoms with E-state index in [0.717, 1.165) is 25.7 Å². The molecule has 3 rings (SSSR count). The van der Waals surface area contributed by atoms with E-state index in [4.69, 9.17) is 0 Å². The summed E-state index contributed by atoms with van der Waals surface area (Å²) in [6.07, 6.45) is 6.47. The van der Waals surface area contributed by atoms with Gasteiger partial charge >= 0.3 is 0 Å². The molecule has 2 heterocycles. The fourth-order valence-electron chi connectivity index (χ4n) is 2.77. The number of aromatic nitrogens is 1. The zero-order chi connectivity index (χ0) is 13.9. The molecule has 1 saturated heterocycles. The Balaban J connectivity index is 1.48. The minimum absolute atomic E-state index is 0.00402. The molecule has 2 fully saturated rings. The number of hydrogen-bond acceptors (Lipinski definition) is 4. The number of thiazole rings is 1. The summed E-state index contributed by atoms with van der Waals surface area (Å²) in [6.45, 7) is 1.43. The minimum atomic E-state index is 0.00402. The van der Waals surface area contributed by atoms with Gasteiger partial charge in [0.05, 0.1) is 0 Å². The maximum atomic E-state index is 12.1. The number of nitrogens with one attached hydrogen (secondary N) is 1. The van der Waals surface area contributed by atoms with Crippen LogP contribution >= 0.6 is 11.3 Å². The first kappa shape index (κ1) is 13.5. The molecule has 0 spiro atoms. The lowest BCUT2D eigenvalue weighted by Crippen LogP contribution is -2.45. The van der Waals surface area contributed by atoms with Gasteiger partial charge in [0.2, 0.25) is 11.8 Å². The lowest BCUT2D eigenvalue weighted by molar-refractivity contribution is -0.140. The fourth-order valence-corrected chi connectivity index (χ4v) is 3.30. The molecule has 0 radical (unpaired) electrons. The summed E-state index contributed by atoms with van der Waals surface area (Å²) in [7, 11) is 0. The van der Waals surface area contributed by atoms with Gasteiger partial charge in [-0.25, -0.2) is 4.98 Å². The molecule has 0 aromatic carbocycles. The number of nitrogens with zero attached hydrogens (tertiary/aromatic N) is 2. The average Bonchev–Trinajstić information content (AvgIpc) is 2.89. The Morgan fingerprint density at radius 1 is 1.20 bits per heavy atom. The largest absolute Gasteiger partial charge is 0.342 e. The highest BCUT2D eigenvalue weighted by atomic mass is 32.1. The highest BCUT2D eigenvalue weighted by Crippen LogP contribution is 2.30. The van der Waals surface area contributed by atoms with E-state index in [1.807, 2.05) is 10.3 Å². The highest BCUT2D eigenvalue weighted by Gasteiger charge is 2.33. The van der Waals surface area contributed by atoms with Gasteiger partial charge < -0.3 is 10.2 Å². The maximum Gasteiger partial charge on any atom is 0.229 e. The van der Waals surface area contributed by atoms with E-state index in [0.29, 0.717) is 24.1 Å². The second kappa shape index (κ2) is 5.91. The highest BCUT2D eigenvalue weighted by molar-refractivity contribution is 7.13. The number of anilines is 1. The van der Waals surface area contributed by atoms with Crippen molar-refractivity contribution in [1.82, 2.24) is 9.88 Å². The van der Waals surface area contributed by atoms with Crippen molar-refractivity contribution in [2.75, 3.05) is 18.4 Å². The molecule has 6 heteroatoms. The van der Waals surface area contributed by atoms with E-state index in [9.17, 15) is 9.59 Å². The van der Waals surface area contributed by atoms with Crippen molar-refractivity contribution < 1.29 is 9.59 Å². The van der Waals surface area contributed by atoms with Crippen LogP contribution in [0.15, 0.2) is 11.6 Å². The Morgan fingerprint density at radius 3 is 2.50 bits per heavy atom. The summed E-state index contributed by atoms with van der Waals surface area (Å²) < 4.78 is 0. The molecule has 5 nitrogen and oxygen atoms in total. The molecule has 0 bridgehead atoms. The smallest absolute Gasteiger partial charge is 0.229 e. The number of carbonyl (C=O) groups is 2. The molecule has 1 saturated carbocycles. The molecule has 2 aliphatic rings. The maximum absolute atomic E-state index is 12.1. The van der Waals surface area contributed by atoms with Crippen molar-refractivity contribution in [3.8, 4) is 0 Å². The van der Waals surface area contributed by atoms with Crippen molar-refractivity contribution in [2.24, 2.45) is 11.8 Å². The van der Waals surface area contributed by atoms with E-state index >= 15 is 0 Å². The quantitative estimate of drug-likeness (QED) is 0.928. The standard InChI is InChI=1S/C14H19N3O2S/c18-12(16-14-15-6-9-20-14)10-4-7-17(8-5-10)13(19)11-2-1-3-11/h6,9-11H,1-5,7-8H2,(H,15,16,18). The summed E-state index contributed by atoms with van der Waals surface area (Å²) in [5.74, 6) is 0.603. The third kappa shape index (κ3) is 2.85. The van der Waals surface area contributed by atoms with Gasteiger partial charge in [-0.15, -0.1) is 11.3 Å². The summed E-state index contributed by atoms with van der Waals surface area (Å²) in [6, 6.07) is 0. The van der Waals surface area contributed by atoms with Crippen LogP contribution in [-0.2, 0) is 9.59 Å². The number of piperidine rings is 1. The predicted octanol–water partition coefficient (Wildman–Crippen LogP) is 2.12. The van der Waals surface area contributed by atoms with Crippen LogP contribution in [0, 0.1) is 11.8 Å². The van der Waals surface area contributed by atoms with Crippen molar-refractivity contribution in [3.63, 3.8) is 0 Å². The van der Waals surface area contributed by atoms with Crippen molar-refractivity contribution in [2.45, 2.75) is 32.1 Å². The van der Waals surface area contributed by atoms with E-state index in [1.54, 1.807) is 6.20 Å². The second-order valence-electron chi connectivity index (χ2n) is 5.55. The SMILES string of the molecule is O=C(Nc1nccs1)C1CCN(C(=O)C2CCC2)CC1. The molecule has 1 aromatic rings. The zero-order valence-corrected chi connectivity index (χ0v) is 12.2. The number of rotatable bonds is 3. The van der Waals surface area contributed by atoms with E-state index in [2.05, 4.69) is 10.3 Å². The van der Waals surface area contributed by atoms with Gasteiger partial charge in [0.1, 0.15) is 0 Å². The average molecular weight is 293 g/mol. The van der Waals surface area contributed by atoms with E-state index in [1.165, 1.54) is 17.8 Å². The Labute approximate surface area is 122 Å². The summed E-state index contributed by atoms with van der Waals surface area (Å²) >= 11 is 1.43. The molecule has 1 aliphatic carbocycles. The molecule has 108 valence electrons. The van der Waals surface area contributed by atoms with Crippen LogP contribution in [0.25, 0.3) is 0 Å². The molecule has 0 atom stereocenters. The molecule has 20 heavy (non-hydrogen) atoms. The van der Waals surface area contributed by atoms with Gasteiger partial charge in [0.15, 0.2) is 5.13 Å². The van der Waals surface area contributed by atoms with Crippen LogP contribution in [0.5, 0.6) is 0 Å². The number of amides is 2. The minimum Gasteiger partial charge on any atom is -0.342 e. The third-order valence-corrected chi connectivity index (χ3v) is 4.98. The van der Waals surface area contributed by atoms with Crippen LogP contribution < -0.4 is 5.32 Å². The first-order valence-corrected chi connectivity index (χ1v) is 8.11. The molecule has 0 unspecified atom stereocenters. The van der Waals surface area contributed by atoms with Crippen LogP contribution in [0.4, 0.5) is 5.13 Å². The summed E-state index contributed by atoms with van der Waals surface area (Å²) in [5, 5.41) is 5.34. The van der Waals surface area contributed by atoms with Crippen LogP contribution in [0.3, 0.4) is 0 Å². The first-order valence-electron chi connectivity index (χ1n) is 7.23. The summed E-state index contributed by atoms with van der Waals surface area (Å²) in [4.78, 5) is 30.2. The number of carbonyl (C=O) groups excluding carboxylic acids is 2. The second-order valence-corrected chi connectivity index (χ2v) is 6.45. The van der Waals surface area contributed by atoms with Gasteiger partial charge in [0.25, 0.3) is 0 Å².